The number of para-hydroxylation sites is 1. The van der Waals surface area contributed by atoms with Crippen LogP contribution in [0.4, 0.5) is 17.1 Å². The number of nitrogens with one attached hydrogen (secondary N) is 1. The zero-order valence-corrected chi connectivity index (χ0v) is 13.6. The van der Waals surface area contributed by atoms with Gasteiger partial charge in [-0.05, 0) is 48.5 Å². The Bertz CT molecular complexity index is 941. The Morgan fingerprint density at radius 1 is 0.962 bits per heavy atom. The largest absolute Gasteiger partial charge is 0.457 e. The first-order valence-electron chi connectivity index (χ1n) is 7.71. The number of nitrogen functional groups attached to an aromatic ring is 1. The van der Waals surface area contributed by atoms with Crippen molar-refractivity contribution < 1.29 is 14.5 Å². The minimum Gasteiger partial charge on any atom is -0.457 e. The molecule has 26 heavy (non-hydrogen) atoms. The van der Waals surface area contributed by atoms with Crippen LogP contribution in [-0.2, 0) is 0 Å². The number of anilines is 2. The average molecular weight is 349 g/mol. The van der Waals surface area contributed by atoms with E-state index < -0.39 is 10.8 Å². The number of carbonyl (C=O) groups excluding carboxylic acids is 1. The number of rotatable bonds is 5. The van der Waals surface area contributed by atoms with Crippen LogP contribution in [0.5, 0.6) is 11.5 Å². The first kappa shape index (κ1) is 17.0. The second-order valence-corrected chi connectivity index (χ2v) is 5.42. The molecule has 3 N–H and O–H groups in total. The number of nitro benzene ring substituents is 1. The maximum Gasteiger partial charge on any atom is 0.292 e. The molecule has 3 rings (SSSR count). The van der Waals surface area contributed by atoms with Gasteiger partial charge in [-0.2, -0.15) is 0 Å². The Kier molecular flexibility index (Phi) is 4.80. The fourth-order valence-electron chi connectivity index (χ4n) is 2.28. The van der Waals surface area contributed by atoms with Crippen molar-refractivity contribution in [1.82, 2.24) is 0 Å². The van der Waals surface area contributed by atoms with Gasteiger partial charge < -0.3 is 15.8 Å². The van der Waals surface area contributed by atoms with E-state index in [1.54, 1.807) is 24.3 Å². The highest BCUT2D eigenvalue weighted by Crippen LogP contribution is 2.25. The molecule has 7 nitrogen and oxygen atoms in total. The molecular weight excluding hydrogens is 334 g/mol. The predicted molar refractivity (Wildman–Crippen MR) is 98.4 cm³/mol. The Labute approximate surface area is 149 Å². The lowest BCUT2D eigenvalue weighted by Gasteiger charge is -2.08. The number of hydrogen-bond acceptors (Lipinski definition) is 5. The zero-order valence-electron chi connectivity index (χ0n) is 13.6. The monoisotopic (exact) mass is 349 g/mol. The summed E-state index contributed by atoms with van der Waals surface area (Å²) in [5.41, 5.74) is 5.93. The molecule has 0 spiro atoms. The van der Waals surface area contributed by atoms with E-state index in [4.69, 9.17) is 10.5 Å². The van der Waals surface area contributed by atoms with Gasteiger partial charge in [0.05, 0.1) is 4.92 Å². The molecule has 0 aliphatic rings. The Morgan fingerprint density at radius 3 is 2.27 bits per heavy atom. The molecule has 0 unspecified atom stereocenters. The van der Waals surface area contributed by atoms with Crippen molar-refractivity contribution >= 4 is 23.0 Å². The van der Waals surface area contributed by atoms with Gasteiger partial charge >= 0.3 is 0 Å². The second-order valence-electron chi connectivity index (χ2n) is 5.42. The molecule has 0 radical (unpaired) electrons. The van der Waals surface area contributed by atoms with Crippen molar-refractivity contribution in [3.63, 3.8) is 0 Å². The molecule has 0 aliphatic heterocycles. The molecule has 1 amide bonds. The standard InChI is InChI=1S/C19H15N3O4/c20-17-11-6-13(12-18(17)22(24)25)19(23)21-14-7-9-16(10-8-14)26-15-4-2-1-3-5-15/h1-12H,20H2,(H,21,23). The normalized spacial score (nSPS) is 10.2. The molecule has 0 saturated heterocycles. The minimum absolute atomic E-state index is 0.00830. The van der Waals surface area contributed by atoms with Gasteiger partial charge in [0.2, 0.25) is 0 Å². The number of carbonyl (C=O) groups is 1. The third kappa shape index (κ3) is 3.96. The molecule has 0 atom stereocenters. The highest BCUT2D eigenvalue weighted by Gasteiger charge is 2.15. The fraction of sp³-hybridized carbons (Fsp3) is 0. The number of nitrogens with zero attached hydrogens (tertiary/aromatic N) is 1. The van der Waals surface area contributed by atoms with Crippen molar-refractivity contribution in [3.05, 3.63) is 88.5 Å². The first-order valence-corrected chi connectivity index (χ1v) is 7.71. The van der Waals surface area contributed by atoms with E-state index in [0.29, 0.717) is 17.2 Å². The van der Waals surface area contributed by atoms with E-state index in [-0.39, 0.29) is 16.9 Å². The Hall–Kier alpha value is -3.87. The topological polar surface area (TPSA) is 107 Å². The molecule has 0 heterocycles. The minimum atomic E-state index is -0.623. The number of amides is 1. The van der Waals surface area contributed by atoms with Crippen LogP contribution < -0.4 is 15.8 Å². The number of nitrogens with two attached hydrogens (primary N) is 1. The molecule has 0 fully saturated rings. The van der Waals surface area contributed by atoms with Crippen LogP contribution in [-0.4, -0.2) is 10.8 Å². The Morgan fingerprint density at radius 2 is 1.62 bits per heavy atom. The van der Waals surface area contributed by atoms with Crippen molar-refractivity contribution in [2.45, 2.75) is 0 Å². The lowest BCUT2D eigenvalue weighted by atomic mass is 10.1. The van der Waals surface area contributed by atoms with Gasteiger partial charge in [0, 0.05) is 17.3 Å². The van der Waals surface area contributed by atoms with Crippen LogP contribution in [0, 0.1) is 10.1 Å². The van der Waals surface area contributed by atoms with Crippen LogP contribution in [0.25, 0.3) is 0 Å². The zero-order chi connectivity index (χ0) is 18.5. The van der Waals surface area contributed by atoms with Crippen molar-refractivity contribution in [3.8, 4) is 11.5 Å². The SMILES string of the molecule is Nc1ccc(C(=O)Nc2ccc(Oc3ccccc3)cc2)cc1[N+](=O)[O-]. The number of hydrogen-bond donors (Lipinski definition) is 2. The van der Waals surface area contributed by atoms with Gasteiger partial charge in [0.1, 0.15) is 17.2 Å². The predicted octanol–water partition coefficient (Wildman–Crippen LogP) is 4.22. The molecule has 0 aromatic heterocycles. The molecule has 0 aliphatic carbocycles. The molecule has 0 saturated carbocycles. The van der Waals surface area contributed by atoms with Gasteiger partial charge in [0.15, 0.2) is 0 Å². The highest BCUT2D eigenvalue weighted by molar-refractivity contribution is 6.05. The van der Waals surface area contributed by atoms with Crippen molar-refractivity contribution in [2.75, 3.05) is 11.1 Å². The molecule has 7 heteroatoms. The van der Waals surface area contributed by atoms with Crippen LogP contribution in [0.1, 0.15) is 10.4 Å². The van der Waals surface area contributed by atoms with Crippen molar-refractivity contribution in [2.24, 2.45) is 0 Å². The van der Waals surface area contributed by atoms with E-state index in [0.717, 1.165) is 6.07 Å². The van der Waals surface area contributed by atoms with Gasteiger partial charge in [-0.25, -0.2) is 0 Å². The summed E-state index contributed by atoms with van der Waals surface area (Å²) in [6.07, 6.45) is 0. The van der Waals surface area contributed by atoms with Crippen molar-refractivity contribution in [1.29, 1.82) is 0 Å². The van der Waals surface area contributed by atoms with Crippen LogP contribution in [0.3, 0.4) is 0 Å². The van der Waals surface area contributed by atoms with Crippen LogP contribution >= 0.6 is 0 Å². The molecule has 0 bridgehead atoms. The fourth-order valence-corrected chi connectivity index (χ4v) is 2.28. The van der Waals surface area contributed by atoms with Gasteiger partial charge in [-0.1, -0.05) is 18.2 Å². The second kappa shape index (κ2) is 7.35. The molecule has 3 aromatic rings. The number of ether oxygens (including phenoxy) is 1. The van der Waals surface area contributed by atoms with E-state index in [9.17, 15) is 14.9 Å². The third-order valence-electron chi connectivity index (χ3n) is 3.58. The quantitative estimate of drug-likeness (QED) is 0.407. The summed E-state index contributed by atoms with van der Waals surface area (Å²) in [6, 6.07) is 20.0. The summed E-state index contributed by atoms with van der Waals surface area (Å²) in [6.45, 7) is 0. The maximum absolute atomic E-state index is 12.3. The van der Waals surface area contributed by atoms with E-state index in [1.807, 2.05) is 30.3 Å². The number of benzene rings is 3. The average Bonchev–Trinajstić information content (AvgIpc) is 2.64. The summed E-state index contributed by atoms with van der Waals surface area (Å²) in [7, 11) is 0. The van der Waals surface area contributed by atoms with Gasteiger partial charge in [-0.15, -0.1) is 0 Å². The summed E-state index contributed by atoms with van der Waals surface area (Å²) in [5, 5.41) is 13.6. The lowest BCUT2D eigenvalue weighted by molar-refractivity contribution is -0.383. The van der Waals surface area contributed by atoms with Gasteiger partial charge in [0.25, 0.3) is 11.6 Å². The summed E-state index contributed by atoms with van der Waals surface area (Å²) in [5.74, 6) is 0.862. The lowest BCUT2D eigenvalue weighted by Crippen LogP contribution is -2.12. The van der Waals surface area contributed by atoms with E-state index >= 15 is 0 Å². The highest BCUT2D eigenvalue weighted by atomic mass is 16.6. The molecule has 3 aromatic carbocycles. The first-order chi connectivity index (χ1) is 12.5. The van der Waals surface area contributed by atoms with E-state index in [2.05, 4.69) is 5.32 Å². The summed E-state index contributed by atoms with van der Waals surface area (Å²) < 4.78 is 5.68. The Balaban J connectivity index is 1.70. The van der Waals surface area contributed by atoms with Gasteiger partial charge in [-0.3, -0.25) is 14.9 Å². The molecule has 130 valence electrons. The maximum atomic E-state index is 12.3. The third-order valence-corrected chi connectivity index (χ3v) is 3.58. The smallest absolute Gasteiger partial charge is 0.292 e. The molecular formula is C19H15N3O4. The van der Waals surface area contributed by atoms with Crippen LogP contribution in [0.2, 0.25) is 0 Å². The number of nitro groups is 1. The van der Waals surface area contributed by atoms with Crippen LogP contribution in [0.15, 0.2) is 72.8 Å². The van der Waals surface area contributed by atoms with E-state index in [1.165, 1.54) is 12.1 Å². The summed E-state index contributed by atoms with van der Waals surface area (Å²) in [4.78, 5) is 22.6. The summed E-state index contributed by atoms with van der Waals surface area (Å²) >= 11 is 0.